The third-order valence-electron chi connectivity index (χ3n) is 6.19. The Morgan fingerprint density at radius 3 is 2.32 bits per heavy atom. The number of anilines is 1. The van der Waals surface area contributed by atoms with Gasteiger partial charge in [0, 0.05) is 28.5 Å². The van der Waals surface area contributed by atoms with Crippen LogP contribution in [-0.4, -0.2) is 20.3 Å². The van der Waals surface area contributed by atoms with Crippen molar-refractivity contribution in [3.8, 4) is 0 Å². The Bertz CT molecular complexity index is 1570. The third kappa shape index (κ3) is 3.88. The van der Waals surface area contributed by atoms with E-state index in [1.165, 1.54) is 4.68 Å². The lowest BCUT2D eigenvalue weighted by molar-refractivity contribution is -0.117. The van der Waals surface area contributed by atoms with E-state index in [1.807, 2.05) is 92.1 Å². The van der Waals surface area contributed by atoms with E-state index < -0.39 is 0 Å². The minimum atomic E-state index is -0.283. The lowest BCUT2D eigenvalue weighted by Gasteiger charge is -2.13. The quantitative estimate of drug-likeness (QED) is 0.411. The molecule has 0 bridgehead atoms. The second kappa shape index (κ2) is 8.63. The van der Waals surface area contributed by atoms with Gasteiger partial charge in [-0.2, -0.15) is 5.10 Å². The largest absolute Gasteiger partial charge is 0.331 e. The molecule has 5 aromatic rings. The zero-order valence-electron chi connectivity index (χ0n) is 19.5. The van der Waals surface area contributed by atoms with E-state index in [-0.39, 0.29) is 18.0 Å². The number of rotatable bonds is 5. The summed E-state index contributed by atoms with van der Waals surface area (Å²) in [6.45, 7) is 6.35. The highest BCUT2D eigenvalue weighted by Crippen LogP contribution is 2.27. The van der Waals surface area contributed by atoms with Gasteiger partial charge in [0.2, 0.25) is 5.91 Å². The molecule has 0 saturated heterocycles. The number of fused-ring (bicyclic) bond motifs is 3. The molecule has 34 heavy (non-hydrogen) atoms. The van der Waals surface area contributed by atoms with Crippen molar-refractivity contribution in [1.82, 2.24) is 14.3 Å². The van der Waals surface area contributed by atoms with E-state index in [4.69, 9.17) is 0 Å². The summed E-state index contributed by atoms with van der Waals surface area (Å²) in [5.41, 5.74) is 6.23. The number of carbonyl (C=O) groups excluding carboxylic acids is 1. The molecule has 0 aliphatic rings. The van der Waals surface area contributed by atoms with Crippen LogP contribution in [0.5, 0.6) is 0 Å². The Balaban J connectivity index is 1.55. The van der Waals surface area contributed by atoms with E-state index >= 15 is 0 Å². The number of amides is 1. The topological polar surface area (TPSA) is 68.9 Å². The fourth-order valence-electron chi connectivity index (χ4n) is 4.73. The number of aromatic nitrogens is 3. The van der Waals surface area contributed by atoms with Crippen molar-refractivity contribution in [3.63, 3.8) is 0 Å². The van der Waals surface area contributed by atoms with Gasteiger partial charge in [0.05, 0.1) is 6.20 Å². The Hall–Kier alpha value is -4.19. The van der Waals surface area contributed by atoms with Crippen LogP contribution in [-0.2, 0) is 17.9 Å². The highest BCUT2D eigenvalue weighted by atomic mass is 16.2. The molecule has 170 valence electrons. The lowest BCUT2D eigenvalue weighted by Crippen LogP contribution is -2.30. The zero-order chi connectivity index (χ0) is 23.8. The molecular formula is C28H26N4O2. The maximum atomic E-state index is 13.6. The summed E-state index contributed by atoms with van der Waals surface area (Å²) in [5.74, 6) is -0.283. The van der Waals surface area contributed by atoms with Crippen LogP contribution in [0.25, 0.3) is 21.8 Å². The number of aryl methyl sites for hydroxylation is 3. The van der Waals surface area contributed by atoms with Gasteiger partial charge in [-0.15, -0.1) is 0 Å². The molecule has 2 heterocycles. The number of hydrogen-bond donors (Lipinski definition) is 1. The van der Waals surface area contributed by atoms with E-state index in [2.05, 4.69) is 10.4 Å². The van der Waals surface area contributed by atoms with Crippen LogP contribution in [0.1, 0.15) is 22.3 Å². The smallest absolute Gasteiger partial charge is 0.291 e. The maximum Gasteiger partial charge on any atom is 0.291 e. The summed E-state index contributed by atoms with van der Waals surface area (Å²) < 4.78 is 3.27. The van der Waals surface area contributed by atoms with Crippen LogP contribution in [0.2, 0.25) is 0 Å². The van der Waals surface area contributed by atoms with Crippen molar-refractivity contribution >= 4 is 33.4 Å². The zero-order valence-corrected chi connectivity index (χ0v) is 19.5. The molecule has 6 heteroatoms. The molecule has 0 aliphatic heterocycles. The number of carbonyl (C=O) groups is 1. The molecule has 0 radical (unpaired) electrons. The summed E-state index contributed by atoms with van der Waals surface area (Å²) >= 11 is 0. The van der Waals surface area contributed by atoms with Gasteiger partial charge in [-0.3, -0.25) is 9.59 Å². The van der Waals surface area contributed by atoms with Crippen LogP contribution < -0.4 is 10.9 Å². The predicted molar refractivity (Wildman–Crippen MR) is 136 cm³/mol. The monoisotopic (exact) mass is 450 g/mol. The first-order valence-electron chi connectivity index (χ1n) is 11.3. The van der Waals surface area contributed by atoms with E-state index in [0.29, 0.717) is 12.1 Å². The Morgan fingerprint density at radius 1 is 0.912 bits per heavy atom. The number of nitrogens with one attached hydrogen (secondary N) is 1. The summed E-state index contributed by atoms with van der Waals surface area (Å²) in [5, 5.41) is 9.08. The molecule has 0 aliphatic carbocycles. The standard InChI is InChI=1S/C28H26N4O2/c1-18-13-19(2)26(20(3)14-18)30-25(33)17-32-28(34)27-23(15-29-32)22-11-7-8-12-24(22)31(27)16-21-9-5-4-6-10-21/h4-15H,16-17H2,1-3H3,(H,30,33). The number of benzene rings is 3. The first-order chi connectivity index (χ1) is 16.4. The normalized spacial score (nSPS) is 11.3. The molecule has 0 fully saturated rings. The molecule has 0 spiro atoms. The fourth-order valence-corrected chi connectivity index (χ4v) is 4.73. The van der Waals surface area contributed by atoms with Crippen LogP contribution >= 0.6 is 0 Å². The molecule has 3 aromatic carbocycles. The Kier molecular flexibility index (Phi) is 5.49. The van der Waals surface area contributed by atoms with Gasteiger partial charge in [-0.1, -0.05) is 66.2 Å². The molecule has 0 atom stereocenters. The highest BCUT2D eigenvalue weighted by molar-refractivity contribution is 6.07. The molecule has 1 N–H and O–H groups in total. The molecule has 0 saturated carbocycles. The molecule has 0 unspecified atom stereocenters. The highest BCUT2D eigenvalue weighted by Gasteiger charge is 2.18. The van der Waals surface area contributed by atoms with Gasteiger partial charge in [0.25, 0.3) is 5.56 Å². The fraction of sp³-hybridized carbons (Fsp3) is 0.179. The molecule has 5 rings (SSSR count). The van der Waals surface area contributed by atoms with E-state index in [1.54, 1.807) is 6.20 Å². The predicted octanol–water partition coefficient (Wildman–Crippen LogP) is 4.96. The Labute approximate surface area is 197 Å². The SMILES string of the molecule is Cc1cc(C)c(NC(=O)Cn2ncc3c4ccccc4n(Cc4ccccc4)c3c2=O)c(C)c1. The van der Waals surface area contributed by atoms with Crippen molar-refractivity contribution in [3.05, 3.63) is 106 Å². The molecule has 1 amide bonds. The average Bonchev–Trinajstić information content (AvgIpc) is 3.13. The minimum absolute atomic E-state index is 0.158. The maximum absolute atomic E-state index is 13.6. The van der Waals surface area contributed by atoms with E-state index in [0.717, 1.165) is 44.2 Å². The van der Waals surface area contributed by atoms with E-state index in [9.17, 15) is 9.59 Å². The first-order valence-corrected chi connectivity index (χ1v) is 11.3. The van der Waals surface area contributed by atoms with Gasteiger partial charge >= 0.3 is 0 Å². The van der Waals surface area contributed by atoms with Crippen LogP contribution in [0.15, 0.2) is 77.7 Å². The van der Waals surface area contributed by atoms with Crippen molar-refractivity contribution in [2.24, 2.45) is 0 Å². The summed E-state index contributed by atoms with van der Waals surface area (Å²) in [7, 11) is 0. The summed E-state index contributed by atoms with van der Waals surface area (Å²) in [6.07, 6.45) is 1.69. The van der Waals surface area contributed by atoms with Crippen molar-refractivity contribution in [2.45, 2.75) is 33.9 Å². The molecular weight excluding hydrogens is 424 g/mol. The second-order valence-corrected chi connectivity index (χ2v) is 8.78. The van der Waals surface area contributed by atoms with Crippen molar-refractivity contribution < 1.29 is 4.79 Å². The van der Waals surface area contributed by atoms with Gasteiger partial charge in [0.15, 0.2) is 0 Å². The number of para-hydroxylation sites is 1. The summed E-state index contributed by atoms with van der Waals surface area (Å²) in [6, 6.07) is 22.0. The van der Waals surface area contributed by atoms with Gasteiger partial charge < -0.3 is 9.88 Å². The van der Waals surface area contributed by atoms with Crippen LogP contribution in [0.4, 0.5) is 5.69 Å². The van der Waals surface area contributed by atoms with Crippen LogP contribution in [0, 0.1) is 20.8 Å². The minimum Gasteiger partial charge on any atom is -0.331 e. The van der Waals surface area contributed by atoms with Crippen molar-refractivity contribution in [2.75, 3.05) is 5.32 Å². The van der Waals surface area contributed by atoms with Gasteiger partial charge in [-0.25, -0.2) is 4.68 Å². The average molecular weight is 451 g/mol. The third-order valence-corrected chi connectivity index (χ3v) is 6.19. The molecule has 2 aromatic heterocycles. The number of nitrogens with zero attached hydrogens (tertiary/aromatic N) is 3. The summed E-state index contributed by atoms with van der Waals surface area (Å²) in [4.78, 5) is 26.5. The van der Waals surface area contributed by atoms with Gasteiger partial charge in [0.1, 0.15) is 12.1 Å². The number of hydrogen-bond acceptors (Lipinski definition) is 3. The first kappa shape index (κ1) is 21.6. The molecule has 6 nitrogen and oxygen atoms in total. The van der Waals surface area contributed by atoms with Gasteiger partial charge in [-0.05, 0) is 43.5 Å². The van der Waals surface area contributed by atoms with Crippen molar-refractivity contribution in [1.29, 1.82) is 0 Å². The Morgan fingerprint density at radius 2 is 1.59 bits per heavy atom. The lowest BCUT2D eigenvalue weighted by atomic mass is 10.1. The second-order valence-electron chi connectivity index (χ2n) is 8.78. The van der Waals surface area contributed by atoms with Crippen LogP contribution in [0.3, 0.4) is 0 Å².